The van der Waals surface area contributed by atoms with Crippen LogP contribution in [0.15, 0.2) is 127 Å². The lowest BCUT2D eigenvalue weighted by molar-refractivity contribution is -0.187. The highest BCUT2D eigenvalue weighted by atomic mass is 19.4. The second kappa shape index (κ2) is 22.6. The number of halogens is 6. The molecule has 0 fully saturated rings. The summed E-state index contributed by atoms with van der Waals surface area (Å²) in [5.74, 6) is -7.14. The van der Waals surface area contributed by atoms with Gasteiger partial charge in [0.25, 0.3) is 0 Å². The number of ether oxygens (including phenoxy) is 4. The minimum atomic E-state index is -4.28. The van der Waals surface area contributed by atoms with Crippen LogP contribution in [0.5, 0.6) is 23.0 Å². The molecule has 0 bridgehead atoms. The molecular formula is C49H44F6N2O10. The Bertz CT molecular complexity index is 2540. The standard InChI is InChI=1S/C49H44F6N2O10/c50-47(51,52)25-1-27-64-37-19-9-33(10-20-37)45(60)66-39-15-4-31(5-16-39)3-14-36(58)30-42(41-23-13-35(56)29-43(41)57)49(62,63)44(59)24-8-32-6-17-40(18-7-32)67-46(61)34-11-21-38(22-12-34)65-28-2-26-48(53,54)55/h3-24,29,42,62-63H,1-2,25-28,30,56-57H2/b14-3+,24-8+. The van der Waals surface area contributed by atoms with E-state index in [4.69, 9.17) is 30.4 Å². The summed E-state index contributed by atoms with van der Waals surface area (Å²) in [4.78, 5) is 52.1. The van der Waals surface area contributed by atoms with E-state index in [1.165, 1.54) is 115 Å². The molecule has 0 saturated heterocycles. The number of esters is 2. The van der Waals surface area contributed by atoms with Gasteiger partial charge in [0, 0.05) is 30.6 Å². The van der Waals surface area contributed by atoms with Crippen molar-refractivity contribution in [1.82, 2.24) is 0 Å². The molecule has 5 rings (SSSR count). The molecule has 0 aliphatic heterocycles. The zero-order valence-corrected chi connectivity index (χ0v) is 35.4. The number of hydrogen-bond donors (Lipinski definition) is 4. The van der Waals surface area contributed by atoms with Crippen LogP contribution < -0.4 is 30.4 Å². The highest BCUT2D eigenvalue weighted by Gasteiger charge is 2.43. The van der Waals surface area contributed by atoms with Crippen molar-refractivity contribution in [2.45, 2.75) is 56.2 Å². The van der Waals surface area contributed by atoms with Crippen LogP contribution in [0.4, 0.5) is 37.7 Å². The van der Waals surface area contributed by atoms with Crippen LogP contribution in [-0.4, -0.2) is 65.1 Å². The Kier molecular flexibility index (Phi) is 17.1. The first kappa shape index (κ1) is 50.6. The summed E-state index contributed by atoms with van der Waals surface area (Å²) in [5.41, 5.74) is 13.5. The van der Waals surface area contributed by atoms with Gasteiger partial charge in [-0.15, -0.1) is 0 Å². The Hall–Kier alpha value is -7.44. The van der Waals surface area contributed by atoms with Gasteiger partial charge in [-0.3, -0.25) is 9.59 Å². The molecule has 0 amide bonds. The predicted octanol–water partition coefficient (Wildman–Crippen LogP) is 9.45. The molecule has 67 heavy (non-hydrogen) atoms. The van der Waals surface area contributed by atoms with E-state index in [9.17, 15) is 55.7 Å². The third kappa shape index (κ3) is 16.2. The van der Waals surface area contributed by atoms with Crippen molar-refractivity contribution in [2.75, 3.05) is 24.7 Å². The summed E-state index contributed by atoms with van der Waals surface area (Å²) < 4.78 is 95.4. The van der Waals surface area contributed by atoms with Crippen LogP contribution in [0.3, 0.4) is 0 Å². The molecule has 0 spiro atoms. The molecule has 12 nitrogen and oxygen atoms in total. The first-order chi connectivity index (χ1) is 31.6. The Labute approximate surface area is 380 Å². The fourth-order valence-electron chi connectivity index (χ4n) is 6.23. The van der Waals surface area contributed by atoms with Crippen LogP contribution in [0, 0.1) is 0 Å². The van der Waals surface area contributed by atoms with Gasteiger partial charge in [0.1, 0.15) is 23.0 Å². The van der Waals surface area contributed by atoms with Gasteiger partial charge in [0.2, 0.25) is 11.6 Å². The molecule has 0 radical (unpaired) electrons. The lowest BCUT2D eigenvalue weighted by atomic mass is 9.82. The van der Waals surface area contributed by atoms with Crippen molar-refractivity contribution in [3.63, 3.8) is 0 Å². The molecule has 1 atom stereocenters. The van der Waals surface area contributed by atoms with E-state index in [1.807, 2.05) is 0 Å². The number of alkyl halides is 6. The number of nitrogens with two attached hydrogens (primary N) is 2. The number of carbonyl (C=O) groups excluding carboxylic acids is 4. The molecular weight excluding hydrogens is 891 g/mol. The fraction of sp³-hybridized carbons (Fsp3) is 0.224. The number of hydrogen-bond acceptors (Lipinski definition) is 12. The summed E-state index contributed by atoms with van der Waals surface area (Å²) in [6, 6.07) is 27.2. The van der Waals surface area contributed by atoms with Crippen molar-refractivity contribution < 1.29 is 74.7 Å². The normalized spacial score (nSPS) is 12.5. The van der Waals surface area contributed by atoms with Crippen molar-refractivity contribution >= 4 is 47.0 Å². The topological polar surface area (TPSA) is 198 Å². The molecule has 0 saturated carbocycles. The van der Waals surface area contributed by atoms with Gasteiger partial charge in [0.15, 0.2) is 5.78 Å². The van der Waals surface area contributed by atoms with Crippen molar-refractivity contribution in [2.24, 2.45) is 0 Å². The Morgan fingerprint density at radius 1 is 0.567 bits per heavy atom. The lowest BCUT2D eigenvalue weighted by Gasteiger charge is -2.30. The number of carbonyl (C=O) groups is 4. The molecule has 5 aromatic rings. The number of rotatable bonds is 21. The third-order valence-electron chi connectivity index (χ3n) is 9.74. The zero-order chi connectivity index (χ0) is 48.8. The van der Waals surface area contributed by atoms with E-state index in [1.54, 1.807) is 12.1 Å². The average molecular weight is 935 g/mol. The average Bonchev–Trinajstić information content (AvgIpc) is 3.27. The second-order valence-corrected chi connectivity index (χ2v) is 15.0. The second-order valence-electron chi connectivity index (χ2n) is 15.0. The molecule has 6 N–H and O–H groups in total. The number of ketones is 2. The van der Waals surface area contributed by atoms with Crippen LogP contribution in [0.2, 0.25) is 0 Å². The number of aliphatic hydroxyl groups is 2. The molecule has 0 heterocycles. The number of nitrogen functional groups attached to an aromatic ring is 2. The van der Waals surface area contributed by atoms with E-state index in [2.05, 4.69) is 0 Å². The first-order valence-electron chi connectivity index (χ1n) is 20.4. The molecule has 352 valence electrons. The van der Waals surface area contributed by atoms with Gasteiger partial charge in [-0.2, -0.15) is 26.3 Å². The third-order valence-corrected chi connectivity index (χ3v) is 9.74. The zero-order valence-electron chi connectivity index (χ0n) is 35.4. The largest absolute Gasteiger partial charge is 0.494 e. The summed E-state index contributed by atoms with van der Waals surface area (Å²) in [6.45, 7) is -0.306. The smallest absolute Gasteiger partial charge is 0.389 e. The fourth-order valence-corrected chi connectivity index (χ4v) is 6.23. The van der Waals surface area contributed by atoms with E-state index in [-0.39, 0.29) is 77.1 Å². The van der Waals surface area contributed by atoms with Gasteiger partial charge in [-0.1, -0.05) is 42.5 Å². The molecule has 0 aliphatic rings. The van der Waals surface area contributed by atoms with Crippen LogP contribution in [0.25, 0.3) is 12.2 Å². The Morgan fingerprint density at radius 2 is 0.985 bits per heavy atom. The molecule has 5 aromatic carbocycles. The van der Waals surface area contributed by atoms with Crippen molar-refractivity contribution in [1.29, 1.82) is 0 Å². The monoisotopic (exact) mass is 934 g/mol. The van der Waals surface area contributed by atoms with Gasteiger partial charge in [0.05, 0.1) is 30.3 Å². The number of benzene rings is 5. The van der Waals surface area contributed by atoms with Crippen LogP contribution >= 0.6 is 0 Å². The Balaban J connectivity index is 1.17. The summed E-state index contributed by atoms with van der Waals surface area (Å²) in [6.07, 6.45) is -6.79. The predicted molar refractivity (Wildman–Crippen MR) is 235 cm³/mol. The van der Waals surface area contributed by atoms with Gasteiger partial charge >= 0.3 is 24.3 Å². The van der Waals surface area contributed by atoms with E-state index < -0.39 is 66.8 Å². The van der Waals surface area contributed by atoms with Gasteiger partial charge in [-0.25, -0.2) is 9.59 Å². The molecule has 0 aliphatic carbocycles. The van der Waals surface area contributed by atoms with Crippen LogP contribution in [0.1, 0.15) is 75.4 Å². The van der Waals surface area contributed by atoms with Gasteiger partial charge in [-0.05, 0) is 127 Å². The van der Waals surface area contributed by atoms with E-state index in [0.29, 0.717) is 11.1 Å². The summed E-state index contributed by atoms with van der Waals surface area (Å²) in [5, 5.41) is 22.6. The molecule has 0 aromatic heterocycles. The highest BCUT2D eigenvalue weighted by Crippen LogP contribution is 2.36. The van der Waals surface area contributed by atoms with E-state index in [0.717, 1.165) is 12.2 Å². The van der Waals surface area contributed by atoms with Crippen LogP contribution in [-0.2, 0) is 9.59 Å². The minimum absolute atomic E-state index is 0.00502. The maximum absolute atomic E-state index is 13.4. The minimum Gasteiger partial charge on any atom is -0.494 e. The Morgan fingerprint density at radius 3 is 1.40 bits per heavy atom. The van der Waals surface area contributed by atoms with Crippen molar-refractivity contribution in [3.05, 3.63) is 155 Å². The SMILES string of the molecule is Nc1ccc(C(CC(=O)/C=C/c2ccc(OC(=O)c3ccc(OCCCC(F)(F)F)cc3)cc2)C(O)(O)C(=O)/C=C/c2ccc(OC(=O)c3ccc(OCCCC(F)(F)F)cc3)cc2)c(N)c1. The first-order valence-corrected chi connectivity index (χ1v) is 20.4. The number of anilines is 2. The summed E-state index contributed by atoms with van der Waals surface area (Å²) >= 11 is 0. The van der Waals surface area contributed by atoms with Crippen molar-refractivity contribution in [3.8, 4) is 23.0 Å². The summed E-state index contributed by atoms with van der Waals surface area (Å²) in [7, 11) is 0. The maximum Gasteiger partial charge on any atom is 0.389 e. The quantitative estimate of drug-likeness (QED) is 0.0104. The molecule has 18 heteroatoms. The molecule has 1 unspecified atom stereocenters. The highest BCUT2D eigenvalue weighted by molar-refractivity contribution is 6.01. The lowest BCUT2D eigenvalue weighted by Crippen LogP contribution is -2.44. The number of allylic oxidation sites excluding steroid dienone is 1. The van der Waals surface area contributed by atoms with Gasteiger partial charge < -0.3 is 40.6 Å². The maximum atomic E-state index is 13.4. The van der Waals surface area contributed by atoms with E-state index >= 15 is 0 Å².